The summed E-state index contributed by atoms with van der Waals surface area (Å²) in [7, 11) is 0. The minimum Gasteiger partial charge on any atom is -0.304 e. The van der Waals surface area contributed by atoms with Gasteiger partial charge >= 0.3 is 0 Å². The molecule has 1 saturated carbocycles. The first kappa shape index (κ1) is 17.5. The Morgan fingerprint density at radius 3 is 2.48 bits per heavy atom. The fourth-order valence-electron chi connectivity index (χ4n) is 3.37. The molecule has 6 heteroatoms. The highest BCUT2D eigenvalue weighted by molar-refractivity contribution is 5.93. The van der Waals surface area contributed by atoms with E-state index in [-0.39, 0.29) is 22.4 Å². The molecule has 0 bridgehead atoms. The molecule has 0 spiro atoms. The van der Waals surface area contributed by atoms with E-state index >= 15 is 0 Å². The van der Waals surface area contributed by atoms with Crippen LogP contribution in [0.25, 0.3) is 22.0 Å². The number of carbonyl (C=O) groups excluding carboxylic acids is 1. The van der Waals surface area contributed by atoms with Crippen molar-refractivity contribution in [3.05, 3.63) is 64.7 Å². The molecule has 0 aliphatic heterocycles. The highest BCUT2D eigenvalue weighted by atomic mass is 19.3. The van der Waals surface area contributed by atoms with E-state index in [9.17, 15) is 18.4 Å². The van der Waals surface area contributed by atoms with Crippen molar-refractivity contribution in [3.8, 4) is 11.1 Å². The fraction of sp³-hybridized carbons (Fsp3) is 0.286. The number of hydrogen-bond acceptors (Lipinski definition) is 3. The summed E-state index contributed by atoms with van der Waals surface area (Å²) in [4.78, 5) is 28.7. The van der Waals surface area contributed by atoms with E-state index < -0.39 is 17.7 Å². The van der Waals surface area contributed by atoms with E-state index in [2.05, 4.69) is 4.98 Å². The van der Waals surface area contributed by atoms with Crippen LogP contribution in [0.2, 0.25) is 0 Å². The summed E-state index contributed by atoms with van der Waals surface area (Å²) in [6.07, 6.45) is 4.17. The summed E-state index contributed by atoms with van der Waals surface area (Å²) in [6.45, 7) is 0.778. The molecule has 2 heterocycles. The third-order valence-electron chi connectivity index (χ3n) is 4.98. The largest absolute Gasteiger partial charge is 0.304 e. The number of aromatic nitrogens is 2. The molecule has 2 aromatic heterocycles. The van der Waals surface area contributed by atoms with Crippen LogP contribution in [-0.2, 0) is 10.7 Å². The molecule has 0 N–H and O–H groups in total. The number of halogens is 2. The summed E-state index contributed by atoms with van der Waals surface area (Å²) in [6, 6.07) is 11.2. The molecule has 0 amide bonds. The lowest BCUT2D eigenvalue weighted by atomic mass is 10.0. The Labute approximate surface area is 154 Å². The number of fused-ring (bicyclic) bond motifs is 1. The van der Waals surface area contributed by atoms with E-state index in [1.807, 2.05) is 30.3 Å². The molecule has 4 nitrogen and oxygen atoms in total. The van der Waals surface area contributed by atoms with Gasteiger partial charge in [-0.05, 0) is 36.5 Å². The Kier molecular flexibility index (Phi) is 4.13. The molecule has 1 unspecified atom stereocenters. The first-order valence-electron chi connectivity index (χ1n) is 8.85. The fourth-order valence-corrected chi connectivity index (χ4v) is 3.37. The van der Waals surface area contributed by atoms with E-state index in [1.165, 1.54) is 16.7 Å². The van der Waals surface area contributed by atoms with Crippen LogP contribution < -0.4 is 5.56 Å². The van der Waals surface area contributed by atoms with Gasteiger partial charge in [0, 0.05) is 18.7 Å². The molecule has 1 aliphatic rings. The Morgan fingerprint density at radius 2 is 1.89 bits per heavy atom. The normalized spacial score (nSPS) is 15.7. The summed E-state index contributed by atoms with van der Waals surface area (Å²) in [5.41, 5.74) is 0.761. The van der Waals surface area contributed by atoms with Crippen molar-refractivity contribution in [1.82, 2.24) is 9.55 Å². The number of alkyl halides is 2. The molecule has 0 saturated heterocycles. The molecular weight excluding hydrogens is 350 g/mol. The zero-order valence-corrected chi connectivity index (χ0v) is 14.7. The Hall–Kier alpha value is -2.89. The third kappa shape index (κ3) is 3.16. The summed E-state index contributed by atoms with van der Waals surface area (Å²) in [5.74, 6) is -2.97. The minimum absolute atomic E-state index is 0.147. The van der Waals surface area contributed by atoms with E-state index in [0.717, 1.165) is 31.6 Å². The monoisotopic (exact) mass is 368 g/mol. The quantitative estimate of drug-likeness (QED) is 0.630. The first-order chi connectivity index (χ1) is 12.9. The van der Waals surface area contributed by atoms with Gasteiger partial charge < -0.3 is 9.36 Å². The first-order valence-corrected chi connectivity index (χ1v) is 8.85. The van der Waals surface area contributed by atoms with E-state index in [0.29, 0.717) is 5.56 Å². The van der Waals surface area contributed by atoms with Crippen LogP contribution in [0.1, 0.15) is 31.5 Å². The molecule has 138 valence electrons. The van der Waals surface area contributed by atoms with Crippen LogP contribution in [0.3, 0.4) is 0 Å². The average molecular weight is 368 g/mol. The molecule has 0 radical (unpaired) electrons. The number of aldehydes is 1. The number of carbonyl (C=O) groups is 1. The summed E-state index contributed by atoms with van der Waals surface area (Å²) >= 11 is 0. The van der Waals surface area contributed by atoms with Gasteiger partial charge in [0.2, 0.25) is 0 Å². The third-order valence-corrected chi connectivity index (χ3v) is 4.98. The Bertz CT molecular complexity index is 1070. The van der Waals surface area contributed by atoms with Crippen LogP contribution in [0.4, 0.5) is 8.78 Å². The predicted molar refractivity (Wildman–Crippen MR) is 98.8 cm³/mol. The maximum atomic E-state index is 13.8. The number of pyridine rings is 2. The van der Waals surface area contributed by atoms with E-state index in [4.69, 9.17) is 0 Å². The smallest absolute Gasteiger partial charge is 0.286 e. The number of benzene rings is 1. The molecule has 1 aromatic carbocycles. The molecule has 1 aliphatic carbocycles. The predicted octanol–water partition coefficient (Wildman–Crippen LogP) is 4.33. The van der Waals surface area contributed by atoms with Crippen molar-refractivity contribution in [1.29, 1.82) is 0 Å². The van der Waals surface area contributed by atoms with Crippen molar-refractivity contribution in [2.45, 2.75) is 31.7 Å². The molecule has 3 aromatic rings. The zero-order valence-electron chi connectivity index (χ0n) is 14.7. The van der Waals surface area contributed by atoms with Crippen molar-refractivity contribution >= 4 is 17.2 Å². The van der Waals surface area contributed by atoms with Crippen LogP contribution in [0.5, 0.6) is 0 Å². The van der Waals surface area contributed by atoms with Gasteiger partial charge in [-0.15, -0.1) is 0 Å². The van der Waals surface area contributed by atoms with Crippen molar-refractivity contribution < 1.29 is 13.6 Å². The summed E-state index contributed by atoms with van der Waals surface area (Å²) < 4.78 is 29.0. The minimum atomic E-state index is -3.11. The SMILES string of the molecule is CC(F)(F)c1ccc2c(=O)n(C(C=O)C3CC3)cc(-c3ccccc3)c2n1. The number of hydrogen-bond donors (Lipinski definition) is 0. The maximum absolute atomic E-state index is 13.8. The van der Waals surface area contributed by atoms with Crippen LogP contribution in [-0.4, -0.2) is 15.8 Å². The highest BCUT2D eigenvalue weighted by Crippen LogP contribution is 2.39. The van der Waals surface area contributed by atoms with Crippen molar-refractivity contribution in [2.75, 3.05) is 0 Å². The van der Waals surface area contributed by atoms with Crippen LogP contribution in [0.15, 0.2) is 53.5 Å². The van der Waals surface area contributed by atoms with Gasteiger partial charge in [-0.1, -0.05) is 30.3 Å². The number of nitrogens with zero attached hydrogens (tertiary/aromatic N) is 2. The van der Waals surface area contributed by atoms with Gasteiger partial charge in [-0.3, -0.25) is 4.79 Å². The average Bonchev–Trinajstić information content (AvgIpc) is 3.49. The Balaban J connectivity index is 2.04. The topological polar surface area (TPSA) is 52.0 Å². The second-order valence-corrected chi connectivity index (χ2v) is 7.07. The highest BCUT2D eigenvalue weighted by Gasteiger charge is 2.34. The lowest BCUT2D eigenvalue weighted by molar-refractivity contribution is -0.111. The van der Waals surface area contributed by atoms with E-state index in [1.54, 1.807) is 6.20 Å². The Morgan fingerprint density at radius 1 is 1.19 bits per heavy atom. The van der Waals surface area contributed by atoms with Gasteiger partial charge in [-0.25, -0.2) is 4.98 Å². The summed E-state index contributed by atoms with van der Waals surface area (Å²) in [5, 5.41) is 0.233. The molecule has 1 atom stereocenters. The van der Waals surface area contributed by atoms with Gasteiger partial charge in [0.25, 0.3) is 11.5 Å². The molecule has 27 heavy (non-hydrogen) atoms. The van der Waals surface area contributed by atoms with Gasteiger partial charge in [-0.2, -0.15) is 8.78 Å². The lowest BCUT2D eigenvalue weighted by Gasteiger charge is -2.18. The second-order valence-electron chi connectivity index (χ2n) is 7.07. The number of rotatable bonds is 5. The van der Waals surface area contributed by atoms with Gasteiger partial charge in [0.1, 0.15) is 12.0 Å². The van der Waals surface area contributed by atoms with Crippen LogP contribution in [0, 0.1) is 5.92 Å². The van der Waals surface area contributed by atoms with Gasteiger partial charge in [0.05, 0.1) is 16.9 Å². The zero-order chi connectivity index (χ0) is 19.2. The molecule has 4 rings (SSSR count). The van der Waals surface area contributed by atoms with Gasteiger partial charge in [0.15, 0.2) is 0 Å². The van der Waals surface area contributed by atoms with Crippen molar-refractivity contribution in [3.63, 3.8) is 0 Å². The molecule has 1 fully saturated rings. The van der Waals surface area contributed by atoms with Crippen LogP contribution >= 0.6 is 0 Å². The van der Waals surface area contributed by atoms with Crippen molar-refractivity contribution in [2.24, 2.45) is 5.92 Å². The standard InChI is InChI=1S/C21H18F2N2O2/c1-21(22,23)18-10-9-15-19(24-18)16(13-5-3-2-4-6-13)11-25(20(15)27)17(12-26)14-7-8-14/h2-6,9-12,14,17H,7-8H2,1H3. The lowest BCUT2D eigenvalue weighted by Crippen LogP contribution is -2.27. The molecular formula is C21H18F2N2O2. The maximum Gasteiger partial charge on any atom is 0.286 e. The second kappa shape index (κ2) is 6.37.